The summed E-state index contributed by atoms with van der Waals surface area (Å²) >= 11 is 6.09. The molecule has 0 spiro atoms. The Bertz CT molecular complexity index is 976. The molecule has 27 heavy (non-hydrogen) atoms. The molecule has 0 fully saturated rings. The molecule has 0 aliphatic heterocycles. The predicted molar refractivity (Wildman–Crippen MR) is 98.9 cm³/mol. The summed E-state index contributed by atoms with van der Waals surface area (Å²) in [4.78, 5) is 12.4. The highest BCUT2D eigenvalue weighted by molar-refractivity contribution is 6.32. The lowest BCUT2D eigenvalue weighted by molar-refractivity contribution is 0.181. The number of halogens is 3. The largest absolute Gasteiger partial charge is 0.386 e. The molecule has 3 aromatic rings. The van der Waals surface area contributed by atoms with E-state index >= 15 is 0 Å². The minimum atomic E-state index is -1.46. The maximum Gasteiger partial charge on any atom is 0.287 e. The van der Waals surface area contributed by atoms with Crippen molar-refractivity contribution in [2.45, 2.75) is 12.6 Å². The molecule has 5 nitrogen and oxygen atoms in total. The zero-order chi connectivity index (χ0) is 19.4. The van der Waals surface area contributed by atoms with Crippen LogP contribution in [0.5, 0.6) is 0 Å². The Hall–Kier alpha value is -2.77. The molecule has 140 valence electrons. The summed E-state index contributed by atoms with van der Waals surface area (Å²) in [6.45, 7) is 0.00410. The van der Waals surface area contributed by atoms with Crippen molar-refractivity contribution >= 4 is 17.3 Å². The lowest BCUT2D eigenvalue weighted by atomic mass is 10.1. The van der Waals surface area contributed by atoms with Gasteiger partial charge in [0.1, 0.15) is 22.8 Å². The molecule has 2 aromatic carbocycles. The van der Waals surface area contributed by atoms with Gasteiger partial charge in [0, 0.05) is 6.54 Å². The SMILES string of the molecule is O=c1c(Cl)c(NCC(O)c2c(F)cccc2F)cnn1Cc1ccccc1. The van der Waals surface area contributed by atoms with Gasteiger partial charge in [-0.2, -0.15) is 5.10 Å². The molecular formula is C19H16ClF2N3O2. The second-order valence-corrected chi connectivity index (χ2v) is 6.23. The van der Waals surface area contributed by atoms with Gasteiger partial charge in [-0.25, -0.2) is 13.5 Å². The van der Waals surface area contributed by atoms with Crippen LogP contribution >= 0.6 is 11.6 Å². The summed E-state index contributed by atoms with van der Waals surface area (Å²) in [5.74, 6) is -1.71. The highest BCUT2D eigenvalue weighted by Gasteiger charge is 2.18. The lowest BCUT2D eigenvalue weighted by Gasteiger charge is -2.15. The van der Waals surface area contributed by atoms with Crippen LogP contribution in [0, 0.1) is 11.6 Å². The second-order valence-electron chi connectivity index (χ2n) is 5.85. The third-order valence-electron chi connectivity index (χ3n) is 3.98. The molecule has 1 aromatic heterocycles. The smallest absolute Gasteiger partial charge is 0.287 e. The number of aliphatic hydroxyl groups is 1. The number of aliphatic hydroxyl groups excluding tert-OH is 1. The molecule has 1 atom stereocenters. The minimum absolute atomic E-state index is 0.123. The van der Waals surface area contributed by atoms with Gasteiger partial charge in [0.05, 0.1) is 24.0 Å². The van der Waals surface area contributed by atoms with Crippen LogP contribution in [-0.4, -0.2) is 21.4 Å². The van der Waals surface area contributed by atoms with Crippen LogP contribution in [0.2, 0.25) is 5.02 Å². The van der Waals surface area contributed by atoms with Gasteiger partial charge in [0.2, 0.25) is 0 Å². The van der Waals surface area contributed by atoms with E-state index in [0.717, 1.165) is 17.7 Å². The zero-order valence-corrected chi connectivity index (χ0v) is 14.8. The van der Waals surface area contributed by atoms with Gasteiger partial charge in [-0.05, 0) is 17.7 Å². The van der Waals surface area contributed by atoms with Crippen LogP contribution in [0.25, 0.3) is 0 Å². The predicted octanol–water partition coefficient (Wildman–Crippen LogP) is 3.37. The van der Waals surface area contributed by atoms with E-state index < -0.39 is 28.9 Å². The first-order valence-electron chi connectivity index (χ1n) is 8.12. The van der Waals surface area contributed by atoms with Gasteiger partial charge in [0.25, 0.3) is 5.56 Å². The van der Waals surface area contributed by atoms with Crippen molar-refractivity contribution < 1.29 is 13.9 Å². The third kappa shape index (κ3) is 4.32. The number of hydrogen-bond acceptors (Lipinski definition) is 4. The van der Waals surface area contributed by atoms with Gasteiger partial charge < -0.3 is 10.4 Å². The van der Waals surface area contributed by atoms with Crippen LogP contribution < -0.4 is 10.9 Å². The van der Waals surface area contributed by atoms with Gasteiger partial charge in [-0.15, -0.1) is 0 Å². The second kappa shape index (κ2) is 8.28. The Balaban J connectivity index is 1.74. The third-order valence-corrected chi connectivity index (χ3v) is 4.34. The molecule has 0 aliphatic rings. The Morgan fingerprint density at radius 2 is 1.78 bits per heavy atom. The molecular weight excluding hydrogens is 376 g/mol. The molecule has 0 radical (unpaired) electrons. The van der Waals surface area contributed by atoms with Crippen LogP contribution in [-0.2, 0) is 6.54 Å². The molecule has 0 bridgehead atoms. The monoisotopic (exact) mass is 391 g/mol. The molecule has 1 unspecified atom stereocenters. The average Bonchev–Trinajstić information content (AvgIpc) is 2.65. The summed E-state index contributed by atoms with van der Waals surface area (Å²) in [6.07, 6.45) is -0.133. The Kier molecular flexibility index (Phi) is 5.83. The van der Waals surface area contributed by atoms with E-state index in [2.05, 4.69) is 10.4 Å². The van der Waals surface area contributed by atoms with Crippen molar-refractivity contribution in [3.8, 4) is 0 Å². The van der Waals surface area contributed by atoms with E-state index in [9.17, 15) is 18.7 Å². The maximum absolute atomic E-state index is 13.7. The number of hydrogen-bond donors (Lipinski definition) is 2. The molecule has 0 aliphatic carbocycles. The number of nitrogens with one attached hydrogen (secondary N) is 1. The lowest BCUT2D eigenvalue weighted by Crippen LogP contribution is -2.25. The van der Waals surface area contributed by atoms with E-state index in [1.54, 1.807) is 0 Å². The quantitative estimate of drug-likeness (QED) is 0.676. The summed E-state index contributed by atoms with van der Waals surface area (Å²) in [5.41, 5.74) is 0.0830. The fourth-order valence-electron chi connectivity index (χ4n) is 2.60. The van der Waals surface area contributed by atoms with Crippen molar-refractivity contribution in [3.05, 3.63) is 92.9 Å². The molecule has 2 N–H and O–H groups in total. The van der Waals surface area contributed by atoms with E-state index in [1.165, 1.54) is 16.9 Å². The first-order valence-corrected chi connectivity index (χ1v) is 8.50. The van der Waals surface area contributed by atoms with Crippen LogP contribution in [0.1, 0.15) is 17.2 Å². The van der Waals surface area contributed by atoms with Gasteiger partial charge in [-0.1, -0.05) is 48.0 Å². The van der Waals surface area contributed by atoms with Crippen molar-refractivity contribution in [1.29, 1.82) is 0 Å². The highest BCUT2D eigenvalue weighted by atomic mass is 35.5. The summed E-state index contributed by atoms with van der Waals surface area (Å²) in [7, 11) is 0. The normalized spacial score (nSPS) is 12.0. The fourth-order valence-corrected chi connectivity index (χ4v) is 2.81. The van der Waals surface area contributed by atoms with Crippen molar-refractivity contribution in [1.82, 2.24) is 9.78 Å². The zero-order valence-electron chi connectivity index (χ0n) is 14.1. The van der Waals surface area contributed by atoms with Crippen LogP contribution in [0.4, 0.5) is 14.5 Å². The Morgan fingerprint density at radius 1 is 1.11 bits per heavy atom. The average molecular weight is 392 g/mol. The summed E-state index contributed by atoms with van der Waals surface area (Å²) in [5, 5.41) is 16.7. The maximum atomic E-state index is 13.7. The van der Waals surface area contributed by atoms with Gasteiger partial charge >= 0.3 is 0 Å². The number of rotatable bonds is 6. The summed E-state index contributed by atoms with van der Waals surface area (Å²) in [6, 6.07) is 12.6. The molecule has 3 rings (SSSR count). The van der Waals surface area contributed by atoms with Crippen molar-refractivity contribution in [2.75, 3.05) is 11.9 Å². The number of nitrogens with zero attached hydrogens (tertiary/aromatic N) is 2. The molecule has 0 amide bonds. The molecule has 0 saturated heterocycles. The van der Waals surface area contributed by atoms with Crippen molar-refractivity contribution in [3.63, 3.8) is 0 Å². The van der Waals surface area contributed by atoms with Gasteiger partial charge in [-0.3, -0.25) is 4.79 Å². The van der Waals surface area contributed by atoms with Gasteiger partial charge in [0.15, 0.2) is 0 Å². The van der Waals surface area contributed by atoms with Crippen molar-refractivity contribution in [2.24, 2.45) is 0 Å². The summed E-state index contributed by atoms with van der Waals surface area (Å²) < 4.78 is 28.6. The minimum Gasteiger partial charge on any atom is -0.386 e. The first-order chi connectivity index (χ1) is 13.0. The molecule has 0 saturated carbocycles. The topological polar surface area (TPSA) is 67.2 Å². The Morgan fingerprint density at radius 3 is 2.44 bits per heavy atom. The fraction of sp³-hybridized carbons (Fsp3) is 0.158. The van der Waals surface area contributed by atoms with Crippen LogP contribution in [0.15, 0.2) is 59.5 Å². The van der Waals surface area contributed by atoms with E-state index in [4.69, 9.17) is 11.6 Å². The highest BCUT2D eigenvalue weighted by Crippen LogP contribution is 2.22. The van der Waals surface area contributed by atoms with E-state index in [0.29, 0.717) is 0 Å². The standard InChI is InChI=1S/C19H16ClF2N3O2/c20-18-15(23-10-16(26)17-13(21)7-4-8-14(17)22)9-24-25(19(18)27)11-12-5-2-1-3-6-12/h1-9,16,23,26H,10-11H2. The van der Waals surface area contributed by atoms with E-state index in [1.807, 2.05) is 30.3 Å². The van der Waals surface area contributed by atoms with Crippen LogP contribution in [0.3, 0.4) is 0 Å². The number of aromatic nitrogens is 2. The molecule has 8 heteroatoms. The molecule has 1 heterocycles. The van der Waals surface area contributed by atoms with E-state index in [-0.39, 0.29) is 23.8 Å². The first kappa shape index (κ1) is 19.0. The number of anilines is 1. The number of benzene rings is 2. The Labute approximate surface area is 158 Å².